The fraction of sp³-hybridized carbons (Fsp3) is 0.0833. The Morgan fingerprint density at radius 3 is 2.17 bits per heavy atom. The highest BCUT2D eigenvalue weighted by Gasteiger charge is 2.34. The van der Waals surface area contributed by atoms with E-state index < -0.39 is 0 Å². The van der Waals surface area contributed by atoms with Crippen molar-refractivity contribution in [3.63, 3.8) is 0 Å². The van der Waals surface area contributed by atoms with Crippen LogP contribution in [-0.2, 0) is 4.79 Å². The van der Waals surface area contributed by atoms with Crippen LogP contribution < -0.4 is 4.90 Å². The van der Waals surface area contributed by atoms with Crippen LogP contribution >= 0.6 is 11.8 Å². The molecule has 1 heterocycles. The molecule has 0 unspecified atom stereocenters. The van der Waals surface area contributed by atoms with Crippen molar-refractivity contribution in [1.29, 1.82) is 0 Å². The first-order chi connectivity index (χ1) is 14.0. The number of aromatic hydroxyl groups is 1. The number of phenolic OH excluding ortho intramolecular Hbond substituents is 1. The first-order valence-corrected chi connectivity index (χ1v) is 10.1. The second-order valence-electron chi connectivity index (χ2n) is 6.88. The van der Waals surface area contributed by atoms with Crippen molar-refractivity contribution >= 4 is 40.3 Å². The second-order valence-corrected chi connectivity index (χ2v) is 7.88. The molecule has 3 aromatic rings. The molecule has 0 atom stereocenters. The number of amides is 1. The number of benzene rings is 3. The number of amidine groups is 1. The minimum atomic E-state index is -0.159. The lowest BCUT2D eigenvalue weighted by Crippen LogP contribution is -2.28. The molecule has 1 N–H and O–H groups in total. The topological polar surface area (TPSA) is 52.9 Å². The summed E-state index contributed by atoms with van der Waals surface area (Å²) in [5, 5.41) is 10.7. The molecule has 3 aromatic carbocycles. The van der Waals surface area contributed by atoms with E-state index >= 15 is 0 Å². The molecule has 4 rings (SSSR count). The van der Waals surface area contributed by atoms with E-state index in [9.17, 15) is 9.90 Å². The Labute approximate surface area is 174 Å². The van der Waals surface area contributed by atoms with Gasteiger partial charge in [-0.25, -0.2) is 4.99 Å². The molecular formula is C24H20N2O2S. The zero-order chi connectivity index (χ0) is 20.4. The predicted molar refractivity (Wildman–Crippen MR) is 121 cm³/mol. The molecule has 29 heavy (non-hydrogen) atoms. The third-order valence-corrected chi connectivity index (χ3v) is 5.55. The lowest BCUT2D eigenvalue weighted by molar-refractivity contribution is -0.113. The predicted octanol–water partition coefficient (Wildman–Crippen LogP) is 5.82. The van der Waals surface area contributed by atoms with Crippen molar-refractivity contribution in [2.24, 2.45) is 4.99 Å². The van der Waals surface area contributed by atoms with E-state index in [1.165, 1.54) is 11.8 Å². The van der Waals surface area contributed by atoms with E-state index in [0.29, 0.717) is 15.6 Å². The summed E-state index contributed by atoms with van der Waals surface area (Å²) in [6, 6.07) is 22.6. The van der Waals surface area contributed by atoms with Crippen LogP contribution in [0.2, 0.25) is 0 Å². The lowest BCUT2D eigenvalue weighted by atomic mass is 10.2. The Kier molecular flexibility index (Phi) is 5.23. The molecule has 1 saturated heterocycles. The summed E-state index contributed by atoms with van der Waals surface area (Å²) in [5.41, 5.74) is 4.42. The van der Waals surface area contributed by atoms with E-state index in [2.05, 4.69) is 0 Å². The molecule has 0 aliphatic carbocycles. The van der Waals surface area contributed by atoms with Crippen LogP contribution in [0.15, 0.2) is 82.7 Å². The number of hydrogen-bond acceptors (Lipinski definition) is 4. The summed E-state index contributed by atoms with van der Waals surface area (Å²) >= 11 is 1.30. The smallest absolute Gasteiger partial charge is 0.271 e. The zero-order valence-electron chi connectivity index (χ0n) is 16.2. The van der Waals surface area contributed by atoms with Crippen LogP contribution in [0.25, 0.3) is 6.08 Å². The first-order valence-electron chi connectivity index (χ1n) is 9.25. The normalized spacial score (nSPS) is 16.8. The van der Waals surface area contributed by atoms with Crippen LogP contribution in [0.4, 0.5) is 11.4 Å². The van der Waals surface area contributed by atoms with Crippen LogP contribution in [0, 0.1) is 13.8 Å². The van der Waals surface area contributed by atoms with Crippen LogP contribution in [-0.4, -0.2) is 16.2 Å². The van der Waals surface area contributed by atoms with Crippen molar-refractivity contribution < 1.29 is 9.90 Å². The van der Waals surface area contributed by atoms with Gasteiger partial charge in [0.15, 0.2) is 5.17 Å². The minimum Gasteiger partial charge on any atom is -0.507 e. The molecule has 0 radical (unpaired) electrons. The van der Waals surface area contributed by atoms with Gasteiger partial charge in [0, 0.05) is 5.56 Å². The van der Waals surface area contributed by atoms with Crippen molar-refractivity contribution in [2.45, 2.75) is 13.8 Å². The molecule has 0 spiro atoms. The second kappa shape index (κ2) is 7.97. The first kappa shape index (κ1) is 19.0. The van der Waals surface area contributed by atoms with Gasteiger partial charge in [-0.15, -0.1) is 0 Å². The minimum absolute atomic E-state index is 0.138. The van der Waals surface area contributed by atoms with Crippen LogP contribution in [0.3, 0.4) is 0 Å². The maximum Gasteiger partial charge on any atom is 0.271 e. The zero-order valence-corrected chi connectivity index (χ0v) is 17.0. The average Bonchev–Trinajstić information content (AvgIpc) is 3.01. The summed E-state index contributed by atoms with van der Waals surface area (Å²) in [5.74, 6) is -0.0211. The standard InChI is InChI=1S/C24H20N2O2S/c1-16-7-11-19(12-8-16)25-24-26(20-13-9-17(2)10-14-20)23(28)22(29-24)15-18-5-3-4-6-21(18)27/h3-15,27H,1-2H3/b22-15-,25-24?. The monoisotopic (exact) mass is 400 g/mol. The third kappa shape index (κ3) is 4.10. The van der Waals surface area contributed by atoms with Gasteiger partial charge in [0.25, 0.3) is 5.91 Å². The number of rotatable bonds is 3. The average molecular weight is 401 g/mol. The number of aliphatic imine (C=N–C) groups is 1. The molecule has 4 nitrogen and oxygen atoms in total. The Morgan fingerprint density at radius 2 is 1.52 bits per heavy atom. The van der Waals surface area contributed by atoms with Gasteiger partial charge < -0.3 is 5.11 Å². The van der Waals surface area contributed by atoms with E-state index in [1.807, 2.05) is 68.4 Å². The fourth-order valence-corrected chi connectivity index (χ4v) is 3.94. The van der Waals surface area contributed by atoms with E-state index in [1.54, 1.807) is 29.2 Å². The van der Waals surface area contributed by atoms with Gasteiger partial charge >= 0.3 is 0 Å². The molecule has 1 fully saturated rings. The number of para-hydroxylation sites is 1. The van der Waals surface area contributed by atoms with Gasteiger partial charge in [0.05, 0.1) is 16.3 Å². The molecule has 1 amide bonds. The van der Waals surface area contributed by atoms with Gasteiger partial charge in [-0.2, -0.15) is 0 Å². The number of phenols is 1. The molecule has 5 heteroatoms. The van der Waals surface area contributed by atoms with Crippen LogP contribution in [0.5, 0.6) is 5.75 Å². The van der Waals surface area contributed by atoms with Gasteiger partial charge in [-0.1, -0.05) is 53.6 Å². The van der Waals surface area contributed by atoms with Crippen molar-refractivity contribution in [2.75, 3.05) is 4.90 Å². The summed E-state index contributed by atoms with van der Waals surface area (Å²) in [4.78, 5) is 20.1. The summed E-state index contributed by atoms with van der Waals surface area (Å²) < 4.78 is 0. The van der Waals surface area contributed by atoms with Gasteiger partial charge in [-0.05, 0) is 62.0 Å². The lowest BCUT2D eigenvalue weighted by Gasteiger charge is -2.16. The highest BCUT2D eigenvalue weighted by Crippen LogP contribution is 2.38. The van der Waals surface area contributed by atoms with Crippen molar-refractivity contribution in [1.82, 2.24) is 0 Å². The third-order valence-electron chi connectivity index (χ3n) is 4.58. The Morgan fingerprint density at radius 1 is 0.897 bits per heavy atom. The number of anilines is 1. The van der Waals surface area contributed by atoms with Gasteiger partial charge in [0.1, 0.15) is 5.75 Å². The Hall–Kier alpha value is -3.31. The Balaban J connectivity index is 1.78. The molecule has 1 aliphatic rings. The van der Waals surface area contributed by atoms with E-state index in [-0.39, 0.29) is 11.7 Å². The number of carbonyl (C=O) groups is 1. The van der Waals surface area contributed by atoms with Crippen molar-refractivity contribution in [3.05, 3.63) is 94.4 Å². The van der Waals surface area contributed by atoms with E-state index in [4.69, 9.17) is 4.99 Å². The largest absolute Gasteiger partial charge is 0.507 e. The maximum atomic E-state index is 13.2. The molecule has 0 bridgehead atoms. The maximum absolute atomic E-state index is 13.2. The summed E-state index contributed by atoms with van der Waals surface area (Å²) in [6.45, 7) is 4.03. The fourth-order valence-electron chi connectivity index (χ4n) is 2.95. The number of nitrogens with zero attached hydrogens (tertiary/aromatic N) is 2. The molecule has 0 saturated carbocycles. The SMILES string of the molecule is Cc1ccc(N=C2S/C(=C\c3ccccc3O)C(=O)N2c2ccc(C)cc2)cc1. The summed E-state index contributed by atoms with van der Waals surface area (Å²) in [6.07, 6.45) is 1.71. The molecule has 1 aliphatic heterocycles. The van der Waals surface area contributed by atoms with Crippen molar-refractivity contribution in [3.8, 4) is 5.75 Å². The van der Waals surface area contributed by atoms with E-state index in [0.717, 1.165) is 22.5 Å². The molecule has 144 valence electrons. The summed E-state index contributed by atoms with van der Waals surface area (Å²) in [7, 11) is 0. The van der Waals surface area contributed by atoms with Crippen LogP contribution in [0.1, 0.15) is 16.7 Å². The quantitative estimate of drug-likeness (QED) is 0.564. The number of hydrogen-bond donors (Lipinski definition) is 1. The van der Waals surface area contributed by atoms with Gasteiger partial charge in [0.2, 0.25) is 0 Å². The number of carbonyl (C=O) groups excluding carboxylic acids is 1. The Bertz CT molecular complexity index is 1120. The molecular weight excluding hydrogens is 380 g/mol. The number of thioether (sulfide) groups is 1. The van der Waals surface area contributed by atoms with Gasteiger partial charge in [-0.3, -0.25) is 9.69 Å². The highest BCUT2D eigenvalue weighted by molar-refractivity contribution is 8.19. The number of aryl methyl sites for hydroxylation is 2. The highest BCUT2D eigenvalue weighted by atomic mass is 32.2. The molecule has 0 aromatic heterocycles.